The molecule has 0 spiro atoms. The zero-order chi connectivity index (χ0) is 12.0. The number of aromatic hydroxyl groups is 2. The van der Waals surface area contributed by atoms with E-state index in [1.54, 1.807) is 24.3 Å². The molecule has 2 aromatic carbocycles. The maximum atomic E-state index is 8.65. The lowest BCUT2D eigenvalue weighted by Crippen LogP contribution is -1.87. The van der Waals surface area contributed by atoms with Crippen molar-refractivity contribution in [1.82, 2.24) is 0 Å². The molecule has 0 saturated carbocycles. The van der Waals surface area contributed by atoms with Crippen LogP contribution in [0.3, 0.4) is 0 Å². The molecule has 16 heavy (non-hydrogen) atoms. The molecule has 6 N–H and O–H groups in total. The van der Waals surface area contributed by atoms with Crippen molar-refractivity contribution in [2.24, 2.45) is 0 Å². The standard InChI is InChI=1S/C6H8N2.C6H6O2/c2*7-5-2-1-3-6(8)4-5/h1-4H,7-8H2;1-4,7-8H. The van der Waals surface area contributed by atoms with Crippen LogP contribution < -0.4 is 11.5 Å². The summed E-state index contributed by atoms with van der Waals surface area (Å²) in [6.07, 6.45) is 0. The molecule has 0 bridgehead atoms. The Morgan fingerprint density at radius 2 is 1.12 bits per heavy atom. The maximum Gasteiger partial charge on any atom is 0.119 e. The van der Waals surface area contributed by atoms with Crippen LogP contribution in [0.4, 0.5) is 11.4 Å². The smallest absolute Gasteiger partial charge is 0.119 e. The normalized spacial score (nSPS) is 9.00. The van der Waals surface area contributed by atoms with E-state index in [2.05, 4.69) is 0 Å². The Kier molecular flexibility index (Phi) is 4.03. The molecule has 0 atom stereocenters. The molecule has 2 aromatic rings. The lowest BCUT2D eigenvalue weighted by atomic mass is 10.3. The average molecular weight is 218 g/mol. The fourth-order valence-corrected chi connectivity index (χ4v) is 1.05. The van der Waals surface area contributed by atoms with Crippen molar-refractivity contribution in [3.63, 3.8) is 0 Å². The molecule has 0 amide bonds. The summed E-state index contributed by atoms with van der Waals surface area (Å²) in [6.45, 7) is 0. The number of nitrogens with two attached hydrogens (primary N) is 2. The summed E-state index contributed by atoms with van der Waals surface area (Å²) in [6, 6.07) is 13.0. The summed E-state index contributed by atoms with van der Waals surface area (Å²) in [4.78, 5) is 0. The van der Waals surface area contributed by atoms with Gasteiger partial charge in [-0.3, -0.25) is 0 Å². The van der Waals surface area contributed by atoms with E-state index in [9.17, 15) is 0 Å². The van der Waals surface area contributed by atoms with Gasteiger partial charge in [-0.2, -0.15) is 0 Å². The average Bonchev–Trinajstić information content (AvgIpc) is 2.17. The maximum absolute atomic E-state index is 8.65. The van der Waals surface area contributed by atoms with Gasteiger partial charge in [-0.05, 0) is 30.3 Å². The number of anilines is 2. The predicted molar refractivity (Wildman–Crippen MR) is 65.0 cm³/mol. The van der Waals surface area contributed by atoms with Crippen molar-refractivity contribution >= 4 is 11.4 Å². The molecule has 0 unspecified atom stereocenters. The van der Waals surface area contributed by atoms with Crippen LogP contribution in [0.1, 0.15) is 0 Å². The quantitative estimate of drug-likeness (QED) is 0.508. The number of phenolic OH excluding ortho intramolecular Hbond substituents is 2. The Bertz CT molecular complexity index is 380. The Labute approximate surface area is 93.8 Å². The molecular weight excluding hydrogens is 204 g/mol. The summed E-state index contributed by atoms with van der Waals surface area (Å²) in [5.74, 6) is 0.176. The highest BCUT2D eigenvalue weighted by atomic mass is 16.3. The van der Waals surface area contributed by atoms with E-state index in [1.165, 1.54) is 18.2 Å². The van der Waals surface area contributed by atoms with Crippen LogP contribution in [0, 0.1) is 0 Å². The van der Waals surface area contributed by atoms with E-state index >= 15 is 0 Å². The Morgan fingerprint density at radius 1 is 0.688 bits per heavy atom. The van der Waals surface area contributed by atoms with Gasteiger partial charge in [0.15, 0.2) is 0 Å². The number of benzene rings is 2. The molecule has 0 fully saturated rings. The second-order valence-corrected chi connectivity index (χ2v) is 3.19. The molecule has 0 aliphatic rings. The third kappa shape index (κ3) is 4.23. The molecule has 4 heteroatoms. The minimum absolute atomic E-state index is 0.0880. The number of hydrogen-bond donors (Lipinski definition) is 4. The minimum atomic E-state index is 0.0880. The summed E-state index contributed by atoms with van der Waals surface area (Å²) < 4.78 is 0. The molecule has 0 aliphatic carbocycles. The minimum Gasteiger partial charge on any atom is -0.508 e. The monoisotopic (exact) mass is 218 g/mol. The molecule has 0 saturated heterocycles. The predicted octanol–water partition coefficient (Wildman–Crippen LogP) is 1.95. The van der Waals surface area contributed by atoms with E-state index in [0.717, 1.165) is 0 Å². The Hall–Kier alpha value is -2.36. The van der Waals surface area contributed by atoms with Gasteiger partial charge in [-0.1, -0.05) is 12.1 Å². The van der Waals surface area contributed by atoms with Crippen molar-refractivity contribution in [2.75, 3.05) is 11.5 Å². The van der Waals surface area contributed by atoms with Crippen LogP contribution in [-0.4, -0.2) is 10.2 Å². The van der Waals surface area contributed by atoms with Gasteiger partial charge >= 0.3 is 0 Å². The first-order valence-corrected chi connectivity index (χ1v) is 4.67. The second-order valence-electron chi connectivity index (χ2n) is 3.19. The van der Waals surface area contributed by atoms with Crippen LogP contribution >= 0.6 is 0 Å². The van der Waals surface area contributed by atoms with Gasteiger partial charge in [0.1, 0.15) is 11.5 Å². The number of rotatable bonds is 0. The third-order valence-electron chi connectivity index (χ3n) is 1.74. The molecule has 0 heterocycles. The number of hydrogen-bond acceptors (Lipinski definition) is 4. The van der Waals surface area contributed by atoms with Gasteiger partial charge in [-0.15, -0.1) is 0 Å². The van der Waals surface area contributed by atoms with E-state index < -0.39 is 0 Å². The molecule has 0 radical (unpaired) electrons. The molecule has 0 aromatic heterocycles. The largest absolute Gasteiger partial charge is 0.508 e. The van der Waals surface area contributed by atoms with Gasteiger partial charge in [0, 0.05) is 17.4 Å². The summed E-state index contributed by atoms with van der Waals surface area (Å²) in [5.41, 5.74) is 12.2. The van der Waals surface area contributed by atoms with E-state index in [1.807, 2.05) is 6.07 Å². The van der Waals surface area contributed by atoms with Crippen molar-refractivity contribution in [2.45, 2.75) is 0 Å². The van der Waals surface area contributed by atoms with Crippen LogP contribution in [0.25, 0.3) is 0 Å². The van der Waals surface area contributed by atoms with Crippen molar-refractivity contribution in [3.8, 4) is 11.5 Å². The SMILES string of the molecule is Nc1cccc(N)c1.Oc1cccc(O)c1. The van der Waals surface area contributed by atoms with Gasteiger partial charge in [0.25, 0.3) is 0 Å². The van der Waals surface area contributed by atoms with Crippen molar-refractivity contribution in [3.05, 3.63) is 48.5 Å². The first-order chi connectivity index (χ1) is 7.58. The van der Waals surface area contributed by atoms with Crippen LogP contribution in [0.5, 0.6) is 11.5 Å². The van der Waals surface area contributed by atoms with Crippen molar-refractivity contribution < 1.29 is 10.2 Å². The van der Waals surface area contributed by atoms with Crippen molar-refractivity contribution in [1.29, 1.82) is 0 Å². The van der Waals surface area contributed by atoms with Crippen LogP contribution in [0.15, 0.2) is 48.5 Å². The highest BCUT2D eigenvalue weighted by Crippen LogP contribution is 2.14. The zero-order valence-corrected chi connectivity index (χ0v) is 8.67. The molecule has 4 nitrogen and oxygen atoms in total. The van der Waals surface area contributed by atoms with Crippen LogP contribution in [-0.2, 0) is 0 Å². The van der Waals surface area contributed by atoms with E-state index in [-0.39, 0.29) is 11.5 Å². The number of nitrogen functional groups attached to an aromatic ring is 2. The van der Waals surface area contributed by atoms with Gasteiger partial charge < -0.3 is 21.7 Å². The second kappa shape index (κ2) is 5.50. The van der Waals surface area contributed by atoms with Gasteiger partial charge in [0.05, 0.1) is 0 Å². The highest BCUT2D eigenvalue weighted by Gasteiger charge is 1.85. The zero-order valence-electron chi connectivity index (χ0n) is 8.67. The molecular formula is C12H14N2O2. The number of phenols is 2. The first-order valence-electron chi connectivity index (χ1n) is 4.67. The molecule has 84 valence electrons. The summed E-state index contributed by atoms with van der Waals surface area (Å²) in [7, 11) is 0. The van der Waals surface area contributed by atoms with Gasteiger partial charge in [0.2, 0.25) is 0 Å². The third-order valence-corrected chi connectivity index (χ3v) is 1.74. The Balaban J connectivity index is 0.000000160. The fraction of sp³-hybridized carbons (Fsp3) is 0. The Morgan fingerprint density at radius 3 is 1.38 bits per heavy atom. The molecule has 2 rings (SSSR count). The first kappa shape index (κ1) is 11.7. The summed E-state index contributed by atoms with van der Waals surface area (Å²) >= 11 is 0. The van der Waals surface area contributed by atoms with E-state index in [0.29, 0.717) is 11.4 Å². The summed E-state index contributed by atoms with van der Waals surface area (Å²) in [5, 5.41) is 17.3. The topological polar surface area (TPSA) is 92.5 Å². The molecule has 0 aliphatic heterocycles. The lowest BCUT2D eigenvalue weighted by molar-refractivity contribution is 0.450. The fourth-order valence-electron chi connectivity index (χ4n) is 1.05. The van der Waals surface area contributed by atoms with Crippen LogP contribution in [0.2, 0.25) is 0 Å². The lowest BCUT2D eigenvalue weighted by Gasteiger charge is -1.91. The highest BCUT2D eigenvalue weighted by molar-refractivity contribution is 5.50. The van der Waals surface area contributed by atoms with Gasteiger partial charge in [-0.25, -0.2) is 0 Å². The van der Waals surface area contributed by atoms with E-state index in [4.69, 9.17) is 21.7 Å².